The molecule has 2 aromatic carbocycles. The summed E-state index contributed by atoms with van der Waals surface area (Å²) in [5.41, 5.74) is 2.23. The molecule has 0 saturated carbocycles. The fourth-order valence-corrected chi connectivity index (χ4v) is 2.36. The van der Waals surface area contributed by atoms with Crippen molar-refractivity contribution in [1.29, 1.82) is 0 Å². The molecule has 0 unspecified atom stereocenters. The Balaban J connectivity index is 1.48. The number of ether oxygens (including phenoxy) is 2. The summed E-state index contributed by atoms with van der Waals surface area (Å²) >= 11 is 6.13. The van der Waals surface area contributed by atoms with E-state index < -0.39 is 0 Å². The molecule has 0 spiro atoms. The van der Waals surface area contributed by atoms with Crippen LogP contribution in [0.4, 0.5) is 0 Å². The Hall–Kier alpha value is -1.35. The van der Waals surface area contributed by atoms with Crippen molar-refractivity contribution in [3.05, 3.63) is 70.7 Å². The SMILES string of the molecule is Clc1ccccc1[C@H]1O[C@@H]1COCc1ccccc1. The number of epoxide rings is 1. The van der Waals surface area contributed by atoms with Crippen LogP contribution in [0.15, 0.2) is 54.6 Å². The van der Waals surface area contributed by atoms with Crippen LogP contribution in [0.5, 0.6) is 0 Å². The lowest BCUT2D eigenvalue weighted by Gasteiger charge is -2.02. The van der Waals surface area contributed by atoms with Gasteiger partial charge in [-0.05, 0) is 11.6 Å². The third-order valence-corrected chi connectivity index (χ3v) is 3.53. The Morgan fingerprint density at radius 2 is 1.74 bits per heavy atom. The van der Waals surface area contributed by atoms with Crippen LogP contribution in [0.2, 0.25) is 5.02 Å². The van der Waals surface area contributed by atoms with E-state index in [1.165, 1.54) is 5.56 Å². The van der Waals surface area contributed by atoms with E-state index in [-0.39, 0.29) is 12.2 Å². The van der Waals surface area contributed by atoms with E-state index in [1.54, 1.807) is 0 Å². The van der Waals surface area contributed by atoms with Gasteiger partial charge in [0.1, 0.15) is 12.2 Å². The molecule has 0 amide bonds. The smallest absolute Gasteiger partial charge is 0.113 e. The highest BCUT2D eigenvalue weighted by Gasteiger charge is 2.41. The molecule has 0 radical (unpaired) electrons. The van der Waals surface area contributed by atoms with Crippen LogP contribution < -0.4 is 0 Å². The molecule has 2 aromatic rings. The van der Waals surface area contributed by atoms with Gasteiger partial charge in [-0.25, -0.2) is 0 Å². The highest BCUT2D eigenvalue weighted by Crippen LogP contribution is 2.41. The monoisotopic (exact) mass is 274 g/mol. The van der Waals surface area contributed by atoms with Gasteiger partial charge in [0, 0.05) is 10.6 Å². The van der Waals surface area contributed by atoms with Gasteiger partial charge in [-0.2, -0.15) is 0 Å². The predicted molar refractivity (Wildman–Crippen MR) is 75.2 cm³/mol. The third-order valence-electron chi connectivity index (χ3n) is 3.19. The van der Waals surface area contributed by atoms with Crippen LogP contribution in [0.1, 0.15) is 17.2 Å². The van der Waals surface area contributed by atoms with Gasteiger partial charge in [0.2, 0.25) is 0 Å². The molecule has 1 saturated heterocycles. The third kappa shape index (κ3) is 3.16. The molecule has 2 atom stereocenters. The molecule has 1 fully saturated rings. The van der Waals surface area contributed by atoms with Crippen LogP contribution in [-0.2, 0) is 16.1 Å². The van der Waals surface area contributed by atoms with Gasteiger partial charge >= 0.3 is 0 Å². The second kappa shape index (κ2) is 5.74. The Morgan fingerprint density at radius 3 is 2.53 bits per heavy atom. The van der Waals surface area contributed by atoms with Gasteiger partial charge in [0.25, 0.3) is 0 Å². The summed E-state index contributed by atoms with van der Waals surface area (Å²) in [6, 6.07) is 17.9. The lowest BCUT2D eigenvalue weighted by Crippen LogP contribution is -2.02. The minimum atomic E-state index is 0.0875. The van der Waals surface area contributed by atoms with Gasteiger partial charge in [0.15, 0.2) is 0 Å². The average molecular weight is 275 g/mol. The zero-order chi connectivity index (χ0) is 13.1. The summed E-state index contributed by atoms with van der Waals surface area (Å²) in [5, 5.41) is 0.762. The zero-order valence-electron chi connectivity index (χ0n) is 10.5. The number of halogens is 1. The molecule has 0 bridgehead atoms. The quantitative estimate of drug-likeness (QED) is 0.769. The van der Waals surface area contributed by atoms with Crippen molar-refractivity contribution in [1.82, 2.24) is 0 Å². The summed E-state index contributed by atoms with van der Waals surface area (Å²) in [6.45, 7) is 1.22. The van der Waals surface area contributed by atoms with E-state index in [1.807, 2.05) is 42.5 Å². The van der Waals surface area contributed by atoms with Crippen LogP contribution in [0.3, 0.4) is 0 Å². The summed E-state index contributed by atoms with van der Waals surface area (Å²) in [5.74, 6) is 0. The van der Waals surface area contributed by atoms with E-state index in [9.17, 15) is 0 Å². The first-order chi connectivity index (χ1) is 9.34. The number of hydrogen-bond donors (Lipinski definition) is 0. The Bertz CT molecular complexity index is 541. The number of hydrogen-bond acceptors (Lipinski definition) is 2. The lowest BCUT2D eigenvalue weighted by molar-refractivity contribution is 0.104. The van der Waals surface area contributed by atoms with Gasteiger partial charge in [-0.1, -0.05) is 60.1 Å². The molecule has 0 aromatic heterocycles. The van der Waals surface area contributed by atoms with E-state index in [2.05, 4.69) is 12.1 Å². The van der Waals surface area contributed by atoms with Crippen molar-refractivity contribution in [3.8, 4) is 0 Å². The van der Waals surface area contributed by atoms with Crippen molar-refractivity contribution in [2.24, 2.45) is 0 Å². The minimum Gasteiger partial charge on any atom is -0.374 e. The van der Waals surface area contributed by atoms with Crippen molar-refractivity contribution < 1.29 is 9.47 Å². The molecular weight excluding hydrogens is 260 g/mol. The Morgan fingerprint density at radius 1 is 1.00 bits per heavy atom. The first-order valence-electron chi connectivity index (χ1n) is 6.36. The summed E-state index contributed by atoms with van der Waals surface area (Å²) in [4.78, 5) is 0. The van der Waals surface area contributed by atoms with Crippen molar-refractivity contribution in [2.45, 2.75) is 18.8 Å². The highest BCUT2D eigenvalue weighted by atomic mass is 35.5. The maximum Gasteiger partial charge on any atom is 0.113 e. The molecule has 98 valence electrons. The first kappa shape index (κ1) is 12.7. The average Bonchev–Trinajstić information content (AvgIpc) is 3.20. The van der Waals surface area contributed by atoms with Crippen molar-refractivity contribution in [3.63, 3.8) is 0 Å². The molecule has 0 N–H and O–H groups in total. The second-order valence-electron chi connectivity index (χ2n) is 4.62. The van der Waals surface area contributed by atoms with Crippen LogP contribution in [-0.4, -0.2) is 12.7 Å². The highest BCUT2D eigenvalue weighted by molar-refractivity contribution is 6.31. The molecule has 0 aliphatic carbocycles. The van der Waals surface area contributed by atoms with Crippen LogP contribution in [0.25, 0.3) is 0 Å². The lowest BCUT2D eigenvalue weighted by atomic mass is 10.1. The van der Waals surface area contributed by atoms with Gasteiger partial charge < -0.3 is 9.47 Å². The molecule has 19 heavy (non-hydrogen) atoms. The molecular formula is C16H15ClO2. The Labute approximate surface area is 117 Å². The van der Waals surface area contributed by atoms with E-state index >= 15 is 0 Å². The second-order valence-corrected chi connectivity index (χ2v) is 5.02. The predicted octanol–water partition coefficient (Wildman–Crippen LogP) is 4.00. The van der Waals surface area contributed by atoms with Crippen molar-refractivity contribution >= 4 is 11.6 Å². The van der Waals surface area contributed by atoms with E-state index in [0.29, 0.717) is 13.2 Å². The van der Waals surface area contributed by atoms with Gasteiger partial charge in [-0.3, -0.25) is 0 Å². The molecule has 1 aliphatic rings. The van der Waals surface area contributed by atoms with Crippen LogP contribution >= 0.6 is 11.6 Å². The fourth-order valence-electron chi connectivity index (χ4n) is 2.12. The minimum absolute atomic E-state index is 0.0875. The molecule has 3 heteroatoms. The topological polar surface area (TPSA) is 21.8 Å². The zero-order valence-corrected chi connectivity index (χ0v) is 11.2. The molecule has 2 nitrogen and oxygen atoms in total. The van der Waals surface area contributed by atoms with E-state index in [4.69, 9.17) is 21.1 Å². The molecule has 1 heterocycles. The normalized spacial score (nSPS) is 21.3. The van der Waals surface area contributed by atoms with Gasteiger partial charge in [0.05, 0.1) is 13.2 Å². The standard InChI is InChI=1S/C16H15ClO2/c17-14-9-5-4-8-13(14)16-15(19-16)11-18-10-12-6-2-1-3-7-12/h1-9,15-16H,10-11H2/t15-,16-/m1/s1. The van der Waals surface area contributed by atoms with E-state index in [0.717, 1.165) is 10.6 Å². The maximum absolute atomic E-state index is 6.13. The largest absolute Gasteiger partial charge is 0.374 e. The summed E-state index contributed by atoms with van der Waals surface area (Å²) in [7, 11) is 0. The maximum atomic E-state index is 6.13. The summed E-state index contributed by atoms with van der Waals surface area (Å²) < 4.78 is 11.3. The first-order valence-corrected chi connectivity index (χ1v) is 6.74. The molecule has 1 aliphatic heterocycles. The fraction of sp³-hybridized carbons (Fsp3) is 0.250. The van der Waals surface area contributed by atoms with Crippen LogP contribution in [0, 0.1) is 0 Å². The van der Waals surface area contributed by atoms with Crippen molar-refractivity contribution in [2.75, 3.05) is 6.61 Å². The summed E-state index contributed by atoms with van der Waals surface area (Å²) in [6.07, 6.45) is 0.216. The van der Waals surface area contributed by atoms with Gasteiger partial charge in [-0.15, -0.1) is 0 Å². The number of rotatable bonds is 5. The molecule has 3 rings (SSSR count). The number of benzene rings is 2. The Kier molecular flexibility index (Phi) is 3.83.